The molecule has 1 fully saturated rings. The number of carbonyl (C=O) groups is 1. The number of nitrogens with one attached hydrogen (secondary N) is 1. The van der Waals surface area contributed by atoms with Crippen LogP contribution in [0.25, 0.3) is 0 Å². The SMILES string of the molecule is CCS(=O)(=O)N1CCN(Cc2cccc(C(=O)NC(c3ccccc3)c3ccccc3)c2)CC1. The number of carbonyl (C=O) groups excluding carboxylic acids is 1. The Morgan fingerprint density at radius 1 is 0.853 bits per heavy atom. The van der Waals surface area contributed by atoms with Crippen LogP contribution in [0.5, 0.6) is 0 Å². The van der Waals surface area contributed by atoms with E-state index in [0.717, 1.165) is 16.7 Å². The first-order chi connectivity index (χ1) is 16.5. The van der Waals surface area contributed by atoms with Gasteiger partial charge in [-0.25, -0.2) is 8.42 Å². The second-order valence-corrected chi connectivity index (χ2v) is 10.8. The Morgan fingerprint density at radius 2 is 1.44 bits per heavy atom. The number of sulfonamides is 1. The molecule has 1 saturated heterocycles. The molecule has 0 radical (unpaired) electrons. The van der Waals surface area contributed by atoms with Gasteiger partial charge in [0, 0.05) is 38.3 Å². The summed E-state index contributed by atoms with van der Waals surface area (Å²) < 4.78 is 25.8. The van der Waals surface area contributed by atoms with Gasteiger partial charge in [-0.15, -0.1) is 0 Å². The van der Waals surface area contributed by atoms with Crippen LogP contribution >= 0.6 is 0 Å². The first kappa shape index (κ1) is 24.1. The molecule has 34 heavy (non-hydrogen) atoms. The molecule has 0 aromatic heterocycles. The van der Waals surface area contributed by atoms with Crippen LogP contribution < -0.4 is 5.32 Å². The van der Waals surface area contributed by atoms with Crippen molar-refractivity contribution in [1.82, 2.24) is 14.5 Å². The molecule has 0 bridgehead atoms. The van der Waals surface area contributed by atoms with Gasteiger partial charge in [0.05, 0.1) is 11.8 Å². The smallest absolute Gasteiger partial charge is 0.252 e. The maximum Gasteiger partial charge on any atom is 0.252 e. The van der Waals surface area contributed by atoms with Crippen LogP contribution in [0.2, 0.25) is 0 Å². The fourth-order valence-corrected chi connectivity index (χ4v) is 5.37. The minimum atomic E-state index is -3.14. The quantitative estimate of drug-likeness (QED) is 0.538. The summed E-state index contributed by atoms with van der Waals surface area (Å²) in [6.07, 6.45) is 0. The van der Waals surface area contributed by atoms with Crippen molar-refractivity contribution in [2.75, 3.05) is 31.9 Å². The van der Waals surface area contributed by atoms with E-state index in [-0.39, 0.29) is 17.7 Å². The van der Waals surface area contributed by atoms with Crippen molar-refractivity contribution in [2.45, 2.75) is 19.5 Å². The Bertz CT molecular complexity index is 1150. The molecule has 178 valence electrons. The summed E-state index contributed by atoms with van der Waals surface area (Å²) in [5, 5.41) is 3.20. The second kappa shape index (κ2) is 11.0. The number of nitrogens with zero attached hydrogens (tertiary/aromatic N) is 2. The number of amides is 1. The Kier molecular flexibility index (Phi) is 7.77. The Balaban J connectivity index is 1.44. The molecule has 1 aliphatic heterocycles. The van der Waals surface area contributed by atoms with Gasteiger partial charge in [-0.1, -0.05) is 72.8 Å². The monoisotopic (exact) mass is 477 g/mol. The average molecular weight is 478 g/mol. The van der Waals surface area contributed by atoms with Crippen LogP contribution in [0.3, 0.4) is 0 Å². The largest absolute Gasteiger partial charge is 0.341 e. The topological polar surface area (TPSA) is 69.7 Å². The number of hydrogen-bond donors (Lipinski definition) is 1. The van der Waals surface area contributed by atoms with Gasteiger partial charge in [0.15, 0.2) is 0 Å². The molecule has 0 atom stereocenters. The van der Waals surface area contributed by atoms with E-state index in [0.29, 0.717) is 38.3 Å². The molecule has 0 saturated carbocycles. The zero-order valence-electron chi connectivity index (χ0n) is 19.4. The summed E-state index contributed by atoms with van der Waals surface area (Å²) in [5.74, 6) is 0.00956. The lowest BCUT2D eigenvalue weighted by molar-refractivity contribution is 0.0942. The molecular formula is C27H31N3O3S. The van der Waals surface area contributed by atoms with Gasteiger partial charge >= 0.3 is 0 Å². The molecule has 1 aliphatic rings. The summed E-state index contributed by atoms with van der Waals surface area (Å²) in [6, 6.07) is 27.4. The molecule has 0 unspecified atom stereocenters. The molecule has 1 amide bonds. The van der Waals surface area contributed by atoms with Crippen LogP contribution in [0, 0.1) is 0 Å². The predicted octanol–water partition coefficient (Wildman–Crippen LogP) is 3.67. The van der Waals surface area contributed by atoms with Crippen molar-refractivity contribution < 1.29 is 13.2 Å². The summed E-state index contributed by atoms with van der Waals surface area (Å²) in [5.41, 5.74) is 3.70. The number of rotatable bonds is 8. The van der Waals surface area contributed by atoms with Crippen LogP contribution in [-0.4, -0.2) is 55.5 Å². The minimum absolute atomic E-state index is 0.126. The lowest BCUT2D eigenvalue weighted by Gasteiger charge is -2.33. The summed E-state index contributed by atoms with van der Waals surface area (Å²) in [4.78, 5) is 15.5. The Hall–Kier alpha value is -3.00. The third-order valence-corrected chi connectivity index (χ3v) is 8.11. The number of piperazine rings is 1. The number of benzene rings is 3. The summed E-state index contributed by atoms with van der Waals surface area (Å²) >= 11 is 0. The van der Waals surface area contributed by atoms with Crippen LogP contribution in [0.1, 0.15) is 40.0 Å². The maximum absolute atomic E-state index is 13.2. The third kappa shape index (κ3) is 5.91. The molecule has 3 aromatic rings. The van der Waals surface area contributed by atoms with E-state index >= 15 is 0 Å². The van der Waals surface area contributed by atoms with Gasteiger partial charge in [0.2, 0.25) is 10.0 Å². The van der Waals surface area contributed by atoms with E-state index in [9.17, 15) is 13.2 Å². The second-order valence-electron chi connectivity index (χ2n) is 8.50. The van der Waals surface area contributed by atoms with Crippen molar-refractivity contribution >= 4 is 15.9 Å². The first-order valence-corrected chi connectivity index (χ1v) is 13.3. The zero-order chi connectivity index (χ0) is 24.0. The van der Waals surface area contributed by atoms with Gasteiger partial charge in [-0.05, 0) is 35.7 Å². The van der Waals surface area contributed by atoms with E-state index in [1.807, 2.05) is 84.9 Å². The predicted molar refractivity (Wildman–Crippen MR) is 135 cm³/mol. The highest BCUT2D eigenvalue weighted by Crippen LogP contribution is 2.22. The Labute approximate surface area is 202 Å². The fraction of sp³-hybridized carbons (Fsp3) is 0.296. The highest BCUT2D eigenvalue weighted by atomic mass is 32.2. The van der Waals surface area contributed by atoms with E-state index in [1.165, 1.54) is 0 Å². The maximum atomic E-state index is 13.2. The van der Waals surface area contributed by atoms with Crippen molar-refractivity contribution in [1.29, 1.82) is 0 Å². The summed E-state index contributed by atoms with van der Waals surface area (Å²) in [6.45, 7) is 4.73. The molecule has 1 N–H and O–H groups in total. The van der Waals surface area contributed by atoms with Gasteiger partial charge in [-0.3, -0.25) is 9.69 Å². The van der Waals surface area contributed by atoms with Crippen LogP contribution in [0.15, 0.2) is 84.9 Å². The van der Waals surface area contributed by atoms with Gasteiger partial charge < -0.3 is 5.32 Å². The molecule has 0 aliphatic carbocycles. The molecule has 1 heterocycles. The Morgan fingerprint density at radius 3 is 2.00 bits per heavy atom. The van der Waals surface area contributed by atoms with Crippen LogP contribution in [0.4, 0.5) is 0 Å². The van der Waals surface area contributed by atoms with Crippen molar-refractivity contribution in [3.05, 3.63) is 107 Å². The normalized spacial score (nSPS) is 15.4. The van der Waals surface area contributed by atoms with Crippen molar-refractivity contribution in [2.24, 2.45) is 0 Å². The van der Waals surface area contributed by atoms with E-state index in [4.69, 9.17) is 0 Å². The minimum Gasteiger partial charge on any atom is -0.341 e. The lowest BCUT2D eigenvalue weighted by Crippen LogP contribution is -2.48. The van der Waals surface area contributed by atoms with Gasteiger partial charge in [-0.2, -0.15) is 4.31 Å². The van der Waals surface area contributed by atoms with Gasteiger partial charge in [0.25, 0.3) is 5.91 Å². The molecule has 4 rings (SSSR count). The number of hydrogen-bond acceptors (Lipinski definition) is 4. The van der Waals surface area contributed by atoms with Crippen LogP contribution in [-0.2, 0) is 16.6 Å². The molecule has 0 spiro atoms. The third-order valence-electron chi connectivity index (χ3n) is 6.23. The van der Waals surface area contributed by atoms with Crippen molar-refractivity contribution in [3.8, 4) is 0 Å². The summed E-state index contributed by atoms with van der Waals surface area (Å²) in [7, 11) is -3.14. The van der Waals surface area contributed by atoms with Crippen molar-refractivity contribution in [3.63, 3.8) is 0 Å². The van der Waals surface area contributed by atoms with E-state index < -0.39 is 10.0 Å². The molecule has 7 heteroatoms. The lowest BCUT2D eigenvalue weighted by atomic mass is 9.98. The highest BCUT2D eigenvalue weighted by molar-refractivity contribution is 7.89. The molecule has 3 aromatic carbocycles. The molecule has 6 nitrogen and oxygen atoms in total. The zero-order valence-corrected chi connectivity index (χ0v) is 20.2. The molecular weight excluding hydrogens is 446 g/mol. The fourth-order valence-electron chi connectivity index (χ4n) is 4.28. The average Bonchev–Trinajstić information content (AvgIpc) is 2.88. The first-order valence-electron chi connectivity index (χ1n) is 11.7. The van der Waals surface area contributed by atoms with E-state index in [2.05, 4.69) is 10.2 Å². The van der Waals surface area contributed by atoms with E-state index in [1.54, 1.807) is 11.2 Å². The van der Waals surface area contributed by atoms with Gasteiger partial charge in [0.1, 0.15) is 0 Å². The standard InChI is InChI=1S/C27H31N3O3S/c1-2-34(32,33)30-18-16-29(17-19-30)21-22-10-9-15-25(20-22)27(31)28-26(23-11-5-3-6-12-23)24-13-7-4-8-14-24/h3-15,20,26H,2,16-19,21H2,1H3,(H,28,31). The highest BCUT2D eigenvalue weighted by Gasteiger charge is 2.25.